The Hall–Kier alpha value is -1.15. The van der Waals surface area contributed by atoms with E-state index < -0.39 is 0 Å². The summed E-state index contributed by atoms with van der Waals surface area (Å²) in [6.07, 6.45) is 3.16. The number of rotatable bonds is 2. The summed E-state index contributed by atoms with van der Waals surface area (Å²) in [5, 5.41) is 0. The van der Waals surface area contributed by atoms with Crippen molar-refractivity contribution in [3.05, 3.63) is 35.9 Å². The first kappa shape index (κ1) is 11.9. The van der Waals surface area contributed by atoms with Crippen LogP contribution in [-0.4, -0.2) is 23.8 Å². The molecule has 18 heavy (non-hydrogen) atoms. The topological polar surface area (TPSA) is 20.3 Å². The molecule has 1 aliphatic carbocycles. The van der Waals surface area contributed by atoms with Gasteiger partial charge >= 0.3 is 0 Å². The lowest BCUT2D eigenvalue weighted by molar-refractivity contribution is -0.125. The fraction of sp³-hybridized carbons (Fsp3) is 0.562. The Labute approximate surface area is 109 Å². The van der Waals surface area contributed by atoms with Crippen LogP contribution >= 0.6 is 0 Å². The van der Waals surface area contributed by atoms with E-state index in [9.17, 15) is 4.79 Å². The van der Waals surface area contributed by atoms with E-state index in [2.05, 4.69) is 42.2 Å². The highest BCUT2D eigenvalue weighted by atomic mass is 16.1. The van der Waals surface area contributed by atoms with Crippen molar-refractivity contribution in [2.75, 3.05) is 13.1 Å². The summed E-state index contributed by atoms with van der Waals surface area (Å²) in [5.41, 5.74) is 1.36. The Balaban J connectivity index is 1.73. The van der Waals surface area contributed by atoms with Gasteiger partial charge in [0, 0.05) is 31.5 Å². The molecule has 1 aliphatic heterocycles. The first-order valence-corrected chi connectivity index (χ1v) is 7.07. The minimum Gasteiger partial charge on any atom is -0.299 e. The molecule has 1 saturated heterocycles. The van der Waals surface area contributed by atoms with Gasteiger partial charge in [0.2, 0.25) is 0 Å². The van der Waals surface area contributed by atoms with Gasteiger partial charge in [0.15, 0.2) is 0 Å². The zero-order valence-electron chi connectivity index (χ0n) is 11.0. The van der Waals surface area contributed by atoms with Crippen molar-refractivity contribution in [1.82, 2.24) is 4.90 Å². The van der Waals surface area contributed by atoms with Crippen LogP contribution in [0.15, 0.2) is 30.3 Å². The maximum absolute atomic E-state index is 12.0. The third-order valence-corrected chi connectivity index (χ3v) is 4.71. The van der Waals surface area contributed by atoms with Gasteiger partial charge in [-0.3, -0.25) is 9.69 Å². The monoisotopic (exact) mass is 243 g/mol. The summed E-state index contributed by atoms with van der Waals surface area (Å²) in [7, 11) is 0. The summed E-state index contributed by atoms with van der Waals surface area (Å²) >= 11 is 0. The normalized spacial score (nSPS) is 30.2. The van der Waals surface area contributed by atoms with Crippen LogP contribution in [0.4, 0.5) is 0 Å². The summed E-state index contributed by atoms with van der Waals surface area (Å²) in [6, 6.07) is 11.1. The van der Waals surface area contributed by atoms with Gasteiger partial charge < -0.3 is 0 Å². The lowest BCUT2D eigenvalue weighted by Gasteiger charge is -2.24. The van der Waals surface area contributed by atoms with Crippen molar-refractivity contribution < 1.29 is 4.79 Å². The highest BCUT2D eigenvalue weighted by molar-refractivity contribution is 5.82. The third kappa shape index (κ3) is 2.10. The van der Waals surface area contributed by atoms with Crippen LogP contribution in [0.1, 0.15) is 37.8 Å². The third-order valence-electron chi connectivity index (χ3n) is 4.71. The summed E-state index contributed by atoms with van der Waals surface area (Å²) in [6.45, 7) is 4.34. The summed E-state index contributed by atoms with van der Waals surface area (Å²) in [4.78, 5) is 14.4. The second kappa shape index (κ2) is 4.85. The quantitative estimate of drug-likeness (QED) is 0.795. The molecule has 0 amide bonds. The maximum Gasteiger partial charge on any atom is 0.137 e. The molecular formula is C16H21NO. The van der Waals surface area contributed by atoms with E-state index in [1.807, 2.05) is 0 Å². The SMILES string of the molecule is CC(c1ccccc1)N1CC2CCCC(=O)C2C1. The number of hydrogen-bond donors (Lipinski definition) is 0. The van der Waals surface area contributed by atoms with Crippen LogP contribution in [0.2, 0.25) is 0 Å². The van der Waals surface area contributed by atoms with Crippen LogP contribution in [0, 0.1) is 11.8 Å². The molecule has 0 aromatic heterocycles. The van der Waals surface area contributed by atoms with Gasteiger partial charge in [-0.2, -0.15) is 0 Å². The molecule has 3 rings (SSSR count). The zero-order valence-corrected chi connectivity index (χ0v) is 11.0. The molecule has 0 bridgehead atoms. The van der Waals surface area contributed by atoms with Gasteiger partial charge in [0.05, 0.1) is 0 Å². The highest BCUT2D eigenvalue weighted by Gasteiger charge is 2.40. The predicted octanol–water partition coefficient (Wildman–Crippen LogP) is 3.05. The molecule has 96 valence electrons. The fourth-order valence-corrected chi connectivity index (χ4v) is 3.54. The largest absolute Gasteiger partial charge is 0.299 e. The molecule has 2 fully saturated rings. The zero-order chi connectivity index (χ0) is 12.5. The molecule has 0 radical (unpaired) electrons. The number of benzene rings is 1. The molecule has 2 nitrogen and oxygen atoms in total. The van der Waals surface area contributed by atoms with Crippen LogP contribution in [-0.2, 0) is 4.79 Å². The Morgan fingerprint density at radius 2 is 2.00 bits per heavy atom. The Kier molecular flexibility index (Phi) is 3.21. The molecule has 2 aliphatic rings. The van der Waals surface area contributed by atoms with E-state index in [1.54, 1.807) is 0 Å². The number of nitrogens with zero attached hydrogens (tertiary/aromatic N) is 1. The molecule has 1 aromatic rings. The molecule has 0 spiro atoms. The second-order valence-corrected chi connectivity index (χ2v) is 5.77. The van der Waals surface area contributed by atoms with Crippen molar-refractivity contribution in [1.29, 1.82) is 0 Å². The molecule has 1 heterocycles. The molecule has 1 saturated carbocycles. The van der Waals surface area contributed by atoms with E-state index in [4.69, 9.17) is 0 Å². The van der Waals surface area contributed by atoms with E-state index in [-0.39, 0.29) is 0 Å². The number of ketones is 1. The van der Waals surface area contributed by atoms with Gasteiger partial charge in [0.1, 0.15) is 5.78 Å². The first-order valence-electron chi connectivity index (χ1n) is 7.07. The van der Waals surface area contributed by atoms with Crippen molar-refractivity contribution in [3.63, 3.8) is 0 Å². The average molecular weight is 243 g/mol. The lowest BCUT2D eigenvalue weighted by Crippen LogP contribution is -2.27. The maximum atomic E-state index is 12.0. The van der Waals surface area contributed by atoms with Crippen molar-refractivity contribution in [3.8, 4) is 0 Å². The number of fused-ring (bicyclic) bond motifs is 1. The van der Waals surface area contributed by atoms with Crippen LogP contribution < -0.4 is 0 Å². The van der Waals surface area contributed by atoms with E-state index >= 15 is 0 Å². The van der Waals surface area contributed by atoms with E-state index in [0.717, 1.165) is 25.9 Å². The predicted molar refractivity (Wildman–Crippen MR) is 72.3 cm³/mol. The van der Waals surface area contributed by atoms with Crippen LogP contribution in [0.25, 0.3) is 0 Å². The van der Waals surface area contributed by atoms with Crippen LogP contribution in [0.5, 0.6) is 0 Å². The first-order chi connectivity index (χ1) is 8.75. The van der Waals surface area contributed by atoms with Crippen molar-refractivity contribution in [2.45, 2.75) is 32.2 Å². The highest BCUT2D eigenvalue weighted by Crippen LogP contribution is 2.37. The second-order valence-electron chi connectivity index (χ2n) is 5.77. The van der Waals surface area contributed by atoms with Crippen molar-refractivity contribution in [2.24, 2.45) is 11.8 Å². The number of carbonyl (C=O) groups is 1. The number of carbonyl (C=O) groups excluding carboxylic acids is 1. The molecule has 3 unspecified atom stereocenters. The van der Waals surface area contributed by atoms with Gasteiger partial charge in [-0.1, -0.05) is 30.3 Å². The minimum atomic E-state index is 0.324. The molecule has 0 N–H and O–H groups in total. The standard InChI is InChI=1S/C16H21NO/c1-12(13-6-3-2-4-7-13)17-10-14-8-5-9-16(18)15(14)11-17/h2-4,6-7,12,14-15H,5,8-11H2,1H3. The summed E-state index contributed by atoms with van der Waals surface area (Å²) < 4.78 is 0. The van der Waals surface area contributed by atoms with E-state index in [0.29, 0.717) is 23.7 Å². The van der Waals surface area contributed by atoms with Gasteiger partial charge in [-0.05, 0) is 31.2 Å². The number of hydrogen-bond acceptors (Lipinski definition) is 2. The molecular weight excluding hydrogens is 222 g/mol. The Morgan fingerprint density at radius 3 is 2.72 bits per heavy atom. The smallest absolute Gasteiger partial charge is 0.137 e. The minimum absolute atomic E-state index is 0.324. The number of likely N-dealkylation sites (tertiary alicyclic amines) is 1. The fourth-order valence-electron chi connectivity index (χ4n) is 3.54. The van der Waals surface area contributed by atoms with Gasteiger partial charge in [0.25, 0.3) is 0 Å². The molecule has 2 heteroatoms. The van der Waals surface area contributed by atoms with Gasteiger partial charge in [-0.15, -0.1) is 0 Å². The Bertz CT molecular complexity index is 428. The molecule has 3 atom stereocenters. The Morgan fingerprint density at radius 1 is 1.22 bits per heavy atom. The molecule has 1 aromatic carbocycles. The lowest BCUT2D eigenvalue weighted by atomic mass is 9.81. The van der Waals surface area contributed by atoms with E-state index in [1.165, 1.54) is 12.0 Å². The van der Waals surface area contributed by atoms with Crippen molar-refractivity contribution >= 4 is 5.78 Å². The van der Waals surface area contributed by atoms with Gasteiger partial charge in [-0.25, -0.2) is 0 Å². The number of Topliss-reactive ketones (excluding diaryl/α,β-unsaturated/α-hetero) is 1. The van der Waals surface area contributed by atoms with Crippen LogP contribution in [0.3, 0.4) is 0 Å². The average Bonchev–Trinajstić information content (AvgIpc) is 2.84. The summed E-state index contributed by atoms with van der Waals surface area (Å²) in [5.74, 6) is 1.45.